The van der Waals surface area contributed by atoms with Crippen molar-refractivity contribution in [2.24, 2.45) is 5.41 Å². The van der Waals surface area contributed by atoms with Crippen LogP contribution < -0.4 is 15.9 Å². The molecule has 234 valence electrons. The van der Waals surface area contributed by atoms with Gasteiger partial charge in [0.1, 0.15) is 0 Å². The molecule has 0 saturated carbocycles. The van der Waals surface area contributed by atoms with Crippen LogP contribution in [-0.4, -0.2) is 0 Å². The van der Waals surface area contributed by atoms with E-state index in [-0.39, 0.29) is 31.6 Å². The molecular formula is C45H45PZr. The molecular weight excluding hydrogens is 663 g/mol. The van der Waals surface area contributed by atoms with Gasteiger partial charge in [0.15, 0.2) is 0 Å². The van der Waals surface area contributed by atoms with Gasteiger partial charge in [0.25, 0.3) is 0 Å². The summed E-state index contributed by atoms with van der Waals surface area (Å²) in [5, 5.41) is 6.89. The first-order valence-corrected chi connectivity index (χ1v) is 17.6. The van der Waals surface area contributed by atoms with Crippen LogP contribution in [0.2, 0.25) is 0 Å². The molecule has 0 amide bonds. The molecule has 47 heavy (non-hydrogen) atoms. The average Bonchev–Trinajstić information content (AvgIpc) is 3.59. The average molecular weight is 708 g/mol. The standard InChI is InChI=1S/C21H16P.C14H14.C10H15.Zr/c1-3-11-19(12-4-1)22(20-13-5-2-6-14-20)21-15-17-9-7-8-10-18(17)16-21;1-3-7-13(8-4-1)11-12-14-9-5-2-6-10-14;1-7-6-10(4,5)9(3)8(7)2;/h1-16H;1-10H,11-12H2;1-5H3;/q-1;;-1;+2. The van der Waals surface area contributed by atoms with Crippen molar-refractivity contribution in [1.82, 2.24) is 0 Å². The summed E-state index contributed by atoms with van der Waals surface area (Å²) in [6.07, 6.45) is 5.69. The molecule has 0 fully saturated rings. The van der Waals surface area contributed by atoms with E-state index in [2.05, 4.69) is 198 Å². The fourth-order valence-electron chi connectivity index (χ4n) is 5.85. The fourth-order valence-corrected chi connectivity index (χ4v) is 8.22. The summed E-state index contributed by atoms with van der Waals surface area (Å²) in [7, 11) is -0.493. The molecule has 1 aliphatic rings. The molecule has 6 aromatic rings. The van der Waals surface area contributed by atoms with Crippen LogP contribution in [0.25, 0.3) is 10.8 Å². The van der Waals surface area contributed by atoms with Crippen molar-refractivity contribution in [2.75, 3.05) is 0 Å². The molecule has 0 spiro atoms. The maximum Gasteiger partial charge on any atom is 2.00 e. The Bertz CT molecular complexity index is 1750. The number of benzene rings is 5. The first-order valence-electron chi connectivity index (χ1n) is 16.3. The maximum absolute atomic E-state index is 3.44. The van der Waals surface area contributed by atoms with Crippen molar-refractivity contribution in [1.29, 1.82) is 0 Å². The molecule has 0 aliphatic heterocycles. The summed E-state index contributed by atoms with van der Waals surface area (Å²) in [6.45, 7) is 10.9. The minimum Gasteiger partial charge on any atom is -0.263 e. The molecule has 7 rings (SSSR count). The van der Waals surface area contributed by atoms with Gasteiger partial charge in [-0.15, -0.1) is 47.3 Å². The van der Waals surface area contributed by atoms with Crippen LogP contribution in [0.3, 0.4) is 0 Å². The van der Waals surface area contributed by atoms with Crippen molar-refractivity contribution < 1.29 is 26.2 Å². The molecule has 0 nitrogen and oxygen atoms in total. The molecule has 6 aromatic carbocycles. The Labute approximate surface area is 303 Å². The molecule has 1 aliphatic carbocycles. The van der Waals surface area contributed by atoms with E-state index in [0.29, 0.717) is 0 Å². The maximum atomic E-state index is 3.44. The Hall–Kier alpha value is -3.50. The number of hydrogen-bond acceptors (Lipinski definition) is 0. The monoisotopic (exact) mass is 706 g/mol. The van der Waals surface area contributed by atoms with Crippen molar-refractivity contribution in [3.63, 3.8) is 0 Å². The molecule has 0 heterocycles. The minimum absolute atomic E-state index is 0. The van der Waals surface area contributed by atoms with Crippen LogP contribution in [-0.2, 0) is 39.0 Å². The van der Waals surface area contributed by atoms with E-state index in [1.54, 1.807) is 0 Å². The molecule has 0 saturated heterocycles. The Kier molecular flexibility index (Phi) is 13.6. The van der Waals surface area contributed by atoms with Crippen LogP contribution in [0.4, 0.5) is 0 Å². The molecule has 0 radical (unpaired) electrons. The van der Waals surface area contributed by atoms with Gasteiger partial charge in [0.2, 0.25) is 0 Å². The number of allylic oxidation sites excluding steroid dienone is 4. The molecule has 0 aromatic heterocycles. The molecule has 0 unspecified atom stereocenters. The fraction of sp³-hybridized carbons (Fsp3) is 0.178. The Morgan fingerprint density at radius 1 is 0.574 bits per heavy atom. The van der Waals surface area contributed by atoms with Gasteiger partial charge in [0, 0.05) is 0 Å². The zero-order chi connectivity index (χ0) is 32.4. The normalized spacial score (nSPS) is 13.2. The summed E-state index contributed by atoms with van der Waals surface area (Å²) in [4.78, 5) is 0. The van der Waals surface area contributed by atoms with E-state index in [1.807, 2.05) is 0 Å². The van der Waals surface area contributed by atoms with Crippen molar-refractivity contribution >= 4 is 34.6 Å². The Morgan fingerprint density at radius 2 is 1.00 bits per heavy atom. The molecule has 0 bridgehead atoms. The second kappa shape index (κ2) is 17.6. The summed E-state index contributed by atoms with van der Waals surface area (Å²) >= 11 is 0. The number of aryl methyl sites for hydroxylation is 2. The Balaban J connectivity index is 0.000000172. The Morgan fingerprint density at radius 3 is 1.38 bits per heavy atom. The zero-order valence-corrected chi connectivity index (χ0v) is 31.7. The van der Waals surface area contributed by atoms with Crippen molar-refractivity contribution in [3.8, 4) is 0 Å². The number of hydrogen-bond donors (Lipinski definition) is 0. The van der Waals surface area contributed by atoms with E-state index in [0.717, 1.165) is 12.8 Å². The van der Waals surface area contributed by atoms with Crippen LogP contribution in [0.1, 0.15) is 45.7 Å². The van der Waals surface area contributed by atoms with Gasteiger partial charge >= 0.3 is 26.2 Å². The van der Waals surface area contributed by atoms with Crippen LogP contribution in [0, 0.1) is 11.5 Å². The number of rotatable bonds is 6. The van der Waals surface area contributed by atoms with Gasteiger partial charge < -0.3 is 0 Å². The smallest absolute Gasteiger partial charge is 0.263 e. The largest absolute Gasteiger partial charge is 2.00 e. The SMILES string of the molecule is CC1=[C-]C(C)(C)C(C)=C1C.[Zr+2].c1ccc(CCc2ccccc2)cc1.c1ccc(P(c2ccccc2)c2cc3ccccc3[cH-]2)cc1. The summed E-state index contributed by atoms with van der Waals surface area (Å²) in [5.41, 5.74) is 7.22. The van der Waals surface area contributed by atoms with Gasteiger partial charge in [-0.1, -0.05) is 161 Å². The third-order valence-electron chi connectivity index (χ3n) is 8.84. The predicted octanol–water partition coefficient (Wildman–Crippen LogP) is 10.9. The van der Waals surface area contributed by atoms with Gasteiger partial charge in [0.05, 0.1) is 0 Å². The van der Waals surface area contributed by atoms with Gasteiger partial charge in [-0.05, 0) is 42.5 Å². The molecule has 0 atom stereocenters. The van der Waals surface area contributed by atoms with Crippen LogP contribution in [0.5, 0.6) is 0 Å². The third-order valence-corrected chi connectivity index (χ3v) is 11.2. The molecule has 0 N–H and O–H groups in total. The third kappa shape index (κ3) is 10.00. The quantitative estimate of drug-likeness (QED) is 0.119. The van der Waals surface area contributed by atoms with Gasteiger partial charge in [-0.3, -0.25) is 6.08 Å². The minimum atomic E-state index is -0.493. The van der Waals surface area contributed by atoms with Crippen LogP contribution >= 0.6 is 7.92 Å². The summed E-state index contributed by atoms with van der Waals surface area (Å²) in [5.74, 6) is 0. The van der Waals surface area contributed by atoms with Crippen molar-refractivity contribution in [3.05, 3.63) is 192 Å². The zero-order valence-electron chi connectivity index (χ0n) is 28.4. The summed E-state index contributed by atoms with van der Waals surface area (Å²) < 4.78 is 0. The second-order valence-corrected chi connectivity index (χ2v) is 14.7. The van der Waals surface area contributed by atoms with Crippen molar-refractivity contribution in [2.45, 2.75) is 47.5 Å². The van der Waals surface area contributed by atoms with E-state index in [9.17, 15) is 0 Å². The van der Waals surface area contributed by atoms with Gasteiger partial charge in [-0.25, -0.2) is 5.57 Å². The van der Waals surface area contributed by atoms with Crippen LogP contribution in [0.15, 0.2) is 174 Å². The number of fused-ring (bicyclic) bond motifs is 1. The van der Waals surface area contributed by atoms with Gasteiger partial charge in [-0.2, -0.15) is 17.2 Å². The second-order valence-electron chi connectivity index (χ2n) is 12.4. The van der Waals surface area contributed by atoms with E-state index < -0.39 is 7.92 Å². The topological polar surface area (TPSA) is 0 Å². The van der Waals surface area contributed by atoms with E-state index in [4.69, 9.17) is 0 Å². The van der Waals surface area contributed by atoms with E-state index in [1.165, 1.54) is 54.5 Å². The first-order chi connectivity index (χ1) is 22.3. The predicted molar refractivity (Wildman–Crippen MR) is 203 cm³/mol. The molecule has 2 heteroatoms. The van der Waals surface area contributed by atoms with E-state index >= 15 is 0 Å². The first kappa shape index (κ1) is 36.3. The summed E-state index contributed by atoms with van der Waals surface area (Å²) in [6, 6.07) is 56.3.